The van der Waals surface area contributed by atoms with Gasteiger partial charge in [-0.1, -0.05) is 42.0 Å². The summed E-state index contributed by atoms with van der Waals surface area (Å²) >= 11 is 1.77. The van der Waals surface area contributed by atoms with Gasteiger partial charge in [-0.25, -0.2) is 0 Å². The zero-order valence-electron chi connectivity index (χ0n) is 23.5. The van der Waals surface area contributed by atoms with E-state index in [4.69, 9.17) is 4.42 Å². The Hall–Kier alpha value is -4.15. The Morgan fingerprint density at radius 3 is 2.66 bits per heavy atom. The van der Waals surface area contributed by atoms with Crippen LogP contribution >= 0.6 is 11.3 Å². The summed E-state index contributed by atoms with van der Waals surface area (Å²) in [6.07, 6.45) is 7.72. The van der Waals surface area contributed by atoms with Crippen molar-refractivity contribution < 1.29 is 8.98 Å². The number of nitrogens with zero attached hydrogens (tertiary/aromatic N) is 1. The van der Waals surface area contributed by atoms with Crippen LogP contribution in [0.2, 0.25) is 0 Å². The van der Waals surface area contributed by atoms with Crippen LogP contribution in [0.25, 0.3) is 49.0 Å². The van der Waals surface area contributed by atoms with Gasteiger partial charge in [0.2, 0.25) is 5.69 Å². The molecule has 4 unspecified atom stereocenters. The molecule has 0 amide bonds. The number of aryl methyl sites for hydroxylation is 2. The summed E-state index contributed by atoms with van der Waals surface area (Å²) in [5.41, 5.74) is 12.3. The van der Waals surface area contributed by atoms with E-state index in [0.717, 1.165) is 23.3 Å². The van der Waals surface area contributed by atoms with Gasteiger partial charge in [0.1, 0.15) is 11.2 Å². The molecule has 4 atom stereocenters. The molecule has 6 aromatic rings. The fraction of sp³-hybridized carbons (Fsp3) is 0.216. The van der Waals surface area contributed by atoms with Crippen LogP contribution in [0.1, 0.15) is 46.7 Å². The minimum atomic E-state index is -0.168. The van der Waals surface area contributed by atoms with Gasteiger partial charge in [-0.15, -0.1) is 17.9 Å². The zero-order valence-corrected chi connectivity index (χ0v) is 24.3. The van der Waals surface area contributed by atoms with Crippen molar-refractivity contribution in [3.8, 4) is 11.3 Å². The number of fused-ring (bicyclic) bond motifs is 14. The summed E-state index contributed by atoms with van der Waals surface area (Å²) in [5, 5.41) is 9.90. The minimum absolute atomic E-state index is 0.168. The van der Waals surface area contributed by atoms with Crippen LogP contribution in [0.3, 0.4) is 0 Å². The minimum Gasteiger partial charge on any atom is -0.455 e. The fourth-order valence-corrected chi connectivity index (χ4v) is 9.22. The third-order valence-corrected chi connectivity index (χ3v) is 11.0. The summed E-state index contributed by atoms with van der Waals surface area (Å²) in [6.45, 7) is 11.0. The number of furan rings is 1. The lowest BCUT2D eigenvalue weighted by Crippen LogP contribution is -2.75. The number of thiophene rings is 1. The molecule has 5 heterocycles. The van der Waals surface area contributed by atoms with Gasteiger partial charge in [0, 0.05) is 49.3 Å². The lowest BCUT2D eigenvalue weighted by atomic mass is 9.48. The van der Waals surface area contributed by atoms with Crippen molar-refractivity contribution in [2.75, 3.05) is 0 Å². The molecule has 200 valence electrons. The van der Waals surface area contributed by atoms with Gasteiger partial charge in [0.05, 0.1) is 17.4 Å². The molecule has 2 aliphatic heterocycles. The fourth-order valence-electron chi connectivity index (χ4n) is 8.43. The summed E-state index contributed by atoms with van der Waals surface area (Å²) in [7, 11) is 0. The molecule has 1 spiro atoms. The van der Waals surface area contributed by atoms with Crippen LogP contribution in [0.15, 0.2) is 95.4 Å². The van der Waals surface area contributed by atoms with Crippen molar-refractivity contribution >= 4 is 49.1 Å². The number of pyridine rings is 1. The van der Waals surface area contributed by atoms with Crippen molar-refractivity contribution in [3.05, 3.63) is 119 Å². The van der Waals surface area contributed by atoms with E-state index in [9.17, 15) is 0 Å². The van der Waals surface area contributed by atoms with Gasteiger partial charge in [-0.05, 0) is 74.0 Å². The van der Waals surface area contributed by atoms with E-state index in [0.29, 0.717) is 12.0 Å². The van der Waals surface area contributed by atoms with E-state index >= 15 is 0 Å². The molecule has 1 saturated carbocycles. The van der Waals surface area contributed by atoms with Gasteiger partial charge in [0.15, 0.2) is 12.2 Å². The highest BCUT2D eigenvalue weighted by Crippen LogP contribution is 2.63. The Morgan fingerprint density at radius 2 is 1.80 bits per heavy atom. The van der Waals surface area contributed by atoms with Crippen molar-refractivity contribution in [3.63, 3.8) is 0 Å². The zero-order chi connectivity index (χ0) is 27.6. The maximum Gasteiger partial charge on any atom is 0.213 e. The van der Waals surface area contributed by atoms with E-state index in [1.165, 1.54) is 59.9 Å². The van der Waals surface area contributed by atoms with E-state index in [-0.39, 0.29) is 11.5 Å². The van der Waals surface area contributed by atoms with Crippen molar-refractivity contribution in [1.82, 2.24) is 5.32 Å². The van der Waals surface area contributed by atoms with Gasteiger partial charge in [-0.2, -0.15) is 4.57 Å². The third kappa shape index (κ3) is 2.86. The molecule has 1 N–H and O–H groups in total. The van der Waals surface area contributed by atoms with Crippen LogP contribution in [-0.2, 0) is 6.42 Å². The molecule has 4 heteroatoms. The lowest BCUT2D eigenvalue weighted by molar-refractivity contribution is -0.740. The lowest BCUT2D eigenvalue weighted by Gasteiger charge is -2.61. The molecule has 9 rings (SSSR count). The average molecular weight is 552 g/mol. The van der Waals surface area contributed by atoms with Gasteiger partial charge < -0.3 is 9.73 Å². The number of benzene rings is 3. The molecule has 3 aromatic heterocycles. The maximum absolute atomic E-state index is 6.77. The van der Waals surface area contributed by atoms with E-state index in [1.807, 2.05) is 0 Å². The first-order valence-corrected chi connectivity index (χ1v) is 15.4. The quantitative estimate of drug-likeness (QED) is 0.163. The second-order valence-corrected chi connectivity index (χ2v) is 13.2. The number of hydrogen-bond donors (Lipinski definition) is 1. The Labute approximate surface area is 243 Å². The molecule has 3 aromatic carbocycles. The van der Waals surface area contributed by atoms with Crippen LogP contribution in [0, 0.1) is 19.8 Å². The van der Waals surface area contributed by atoms with Gasteiger partial charge in [-0.3, -0.25) is 0 Å². The molecule has 3 aliphatic rings. The number of hydrogen-bond acceptors (Lipinski definition) is 3. The highest BCUT2D eigenvalue weighted by molar-refractivity contribution is 7.17. The molecule has 1 aliphatic carbocycles. The summed E-state index contributed by atoms with van der Waals surface area (Å²) < 4.78 is 10.6. The summed E-state index contributed by atoms with van der Waals surface area (Å²) in [5.74, 6) is 0.589. The van der Waals surface area contributed by atoms with E-state index in [2.05, 4.69) is 122 Å². The molecule has 0 radical (unpaired) electrons. The number of rotatable bonds is 1. The maximum atomic E-state index is 6.77. The molecule has 0 saturated heterocycles. The van der Waals surface area contributed by atoms with E-state index in [1.54, 1.807) is 11.3 Å². The first-order valence-electron chi connectivity index (χ1n) is 14.6. The molecule has 0 bridgehead atoms. The van der Waals surface area contributed by atoms with Crippen LogP contribution < -0.4 is 9.88 Å². The summed E-state index contributed by atoms with van der Waals surface area (Å²) in [4.78, 5) is 0. The Kier molecular flexibility index (Phi) is 4.58. The highest BCUT2D eigenvalue weighted by atomic mass is 32.1. The monoisotopic (exact) mass is 551 g/mol. The van der Waals surface area contributed by atoms with Gasteiger partial charge >= 0.3 is 0 Å². The predicted octanol–water partition coefficient (Wildman–Crippen LogP) is 8.77. The van der Waals surface area contributed by atoms with Gasteiger partial charge in [0.25, 0.3) is 0 Å². The predicted molar refractivity (Wildman–Crippen MR) is 169 cm³/mol. The molecular weight excluding hydrogens is 520 g/mol. The molecular formula is C37H31N2OS+. The first kappa shape index (κ1) is 23.5. The van der Waals surface area contributed by atoms with Crippen LogP contribution in [0.5, 0.6) is 0 Å². The normalized spacial score (nSPS) is 25.0. The second-order valence-electron chi connectivity index (χ2n) is 12.2. The molecule has 41 heavy (non-hydrogen) atoms. The first-order chi connectivity index (χ1) is 20.0. The Bertz CT molecular complexity index is 2150. The topological polar surface area (TPSA) is 29.0 Å². The van der Waals surface area contributed by atoms with Crippen molar-refractivity contribution in [2.24, 2.45) is 5.92 Å². The van der Waals surface area contributed by atoms with Crippen molar-refractivity contribution in [1.29, 1.82) is 0 Å². The van der Waals surface area contributed by atoms with E-state index < -0.39 is 0 Å². The highest BCUT2D eigenvalue weighted by Gasteiger charge is 2.69. The smallest absolute Gasteiger partial charge is 0.213 e. The van der Waals surface area contributed by atoms with Crippen LogP contribution in [0.4, 0.5) is 0 Å². The number of allylic oxidation sites excluding steroid dienone is 1. The molecule has 3 nitrogen and oxygen atoms in total. The number of nitrogens with one attached hydrogen (secondary N) is 1. The average Bonchev–Trinajstić information content (AvgIpc) is 3.60. The largest absolute Gasteiger partial charge is 0.455 e. The standard InChI is InChI=1S/C37H31N2OS/c1-5-28-34-33(27-17-20(3)7-10-23(27)30-13-8-21(4)19-39(30)34)37(28)18-22-9-11-25-24-12-14-31-26(15-16-41-31)35(24)40-36(25)32(22)29(6-2)38-37/h5-17,19,28,33-34,38H,1,18H2,2-4H3/q+1/b29-6-. The third-order valence-electron chi connectivity index (χ3n) is 10.1. The Balaban J connectivity index is 1.27. The molecule has 1 fully saturated rings. The van der Waals surface area contributed by atoms with Crippen molar-refractivity contribution in [2.45, 2.75) is 44.7 Å². The second kappa shape index (κ2) is 7.98. The SMILES string of the molecule is C=CC1C2C(c3cc(C)ccc3-c3ccc(C)c[n+]32)C12Cc1ccc3c(oc4c5ccsc5ccc34)c1/C(=C/C)N2. The van der Waals surface area contributed by atoms with Crippen LogP contribution in [-0.4, -0.2) is 5.54 Å². The number of aromatic nitrogens is 1. The Morgan fingerprint density at radius 1 is 0.976 bits per heavy atom. The summed E-state index contributed by atoms with van der Waals surface area (Å²) in [6, 6.07) is 23.2.